The molecule has 180 valence electrons. The predicted octanol–water partition coefficient (Wildman–Crippen LogP) is 0.965. The molecule has 1 fully saturated rings. The molecule has 1 aliphatic heterocycles. The lowest BCUT2D eigenvalue weighted by atomic mass is 10.1. The fraction of sp³-hybridized carbons (Fsp3) is 0.429. The molecule has 0 radical (unpaired) electrons. The molecule has 12 heteroatoms. The number of hydrogen-bond acceptors (Lipinski definition) is 10. The molecule has 1 aromatic rings. The number of esters is 2. The maximum atomic E-state index is 12.4. The monoisotopic (exact) mass is 482 g/mol. The van der Waals surface area contributed by atoms with Gasteiger partial charge in [-0.3, -0.25) is 14.4 Å². The van der Waals surface area contributed by atoms with Crippen LogP contribution in [0.25, 0.3) is 0 Å². The number of benzene rings is 1. The first-order chi connectivity index (χ1) is 15.8. The Balaban J connectivity index is 1.81. The highest BCUT2D eigenvalue weighted by atomic mass is 32.2. The zero-order valence-electron chi connectivity index (χ0n) is 18.8. The molecule has 11 nitrogen and oxygen atoms in total. The van der Waals surface area contributed by atoms with Crippen molar-refractivity contribution in [2.24, 2.45) is 0 Å². The number of nitrogens with one attached hydrogen (secondary N) is 1. The Morgan fingerprint density at radius 3 is 2.33 bits per heavy atom. The third-order valence-electron chi connectivity index (χ3n) is 4.46. The molecule has 2 rings (SSSR count). The lowest BCUT2D eigenvalue weighted by molar-refractivity contribution is -0.142. The van der Waals surface area contributed by atoms with Gasteiger partial charge in [0, 0.05) is 12.1 Å². The van der Waals surface area contributed by atoms with E-state index in [0.717, 1.165) is 0 Å². The largest absolute Gasteiger partial charge is 0.493 e. The maximum Gasteiger partial charge on any atom is 0.333 e. The van der Waals surface area contributed by atoms with E-state index in [9.17, 15) is 19.2 Å². The van der Waals surface area contributed by atoms with E-state index in [-0.39, 0.29) is 36.9 Å². The summed E-state index contributed by atoms with van der Waals surface area (Å²) in [7, 11) is 5.56. The van der Waals surface area contributed by atoms with Crippen LogP contribution in [0, 0.1) is 0 Å². The fourth-order valence-electron chi connectivity index (χ4n) is 2.86. The van der Waals surface area contributed by atoms with Crippen LogP contribution in [0.5, 0.6) is 17.2 Å². The summed E-state index contributed by atoms with van der Waals surface area (Å²) < 4.78 is 25.3. The molecule has 0 atom stereocenters. The molecule has 1 aliphatic rings. The Morgan fingerprint density at radius 2 is 1.76 bits per heavy atom. The molecule has 0 aliphatic carbocycles. The molecule has 0 saturated carbocycles. The molecule has 0 spiro atoms. The molecular formula is C21H26N2O9S. The predicted molar refractivity (Wildman–Crippen MR) is 118 cm³/mol. The second-order valence-corrected chi connectivity index (χ2v) is 7.51. The molecule has 0 unspecified atom stereocenters. The van der Waals surface area contributed by atoms with Crippen molar-refractivity contribution in [2.75, 3.05) is 53.9 Å². The second-order valence-electron chi connectivity index (χ2n) is 6.51. The van der Waals surface area contributed by atoms with Crippen LogP contribution in [0.15, 0.2) is 23.2 Å². The summed E-state index contributed by atoms with van der Waals surface area (Å²) in [6.07, 6.45) is 1.61. The first kappa shape index (κ1) is 25.8. The Morgan fingerprint density at radius 1 is 1.09 bits per heavy atom. The first-order valence-electron chi connectivity index (χ1n) is 9.81. The highest BCUT2D eigenvalue weighted by Crippen LogP contribution is 2.38. The summed E-state index contributed by atoms with van der Waals surface area (Å²) in [4.78, 5) is 49.2. The van der Waals surface area contributed by atoms with Crippen molar-refractivity contribution >= 4 is 35.5 Å². The fourth-order valence-corrected chi connectivity index (χ4v) is 3.81. The number of ether oxygens (including phenoxy) is 5. The topological polar surface area (TPSA) is 130 Å². The third kappa shape index (κ3) is 7.04. The van der Waals surface area contributed by atoms with Crippen LogP contribution in [-0.4, -0.2) is 82.5 Å². The molecule has 1 N–H and O–H groups in total. The molecule has 1 saturated heterocycles. The number of rotatable bonds is 11. The van der Waals surface area contributed by atoms with Crippen molar-refractivity contribution in [3.63, 3.8) is 0 Å². The van der Waals surface area contributed by atoms with Crippen LogP contribution in [0.4, 0.5) is 0 Å². The molecule has 33 heavy (non-hydrogen) atoms. The van der Waals surface area contributed by atoms with Gasteiger partial charge in [-0.1, -0.05) is 11.8 Å². The quantitative estimate of drug-likeness (QED) is 0.277. The Hall–Kier alpha value is -3.41. The number of amides is 2. The Bertz CT molecular complexity index is 907. The van der Waals surface area contributed by atoms with Gasteiger partial charge in [-0.25, -0.2) is 4.79 Å². The highest BCUT2D eigenvalue weighted by Gasteiger charge is 2.27. The van der Waals surface area contributed by atoms with Crippen LogP contribution in [0.2, 0.25) is 0 Å². The summed E-state index contributed by atoms with van der Waals surface area (Å²) >= 11 is 1.24. The van der Waals surface area contributed by atoms with Gasteiger partial charge in [0.15, 0.2) is 11.5 Å². The average molecular weight is 483 g/mol. The van der Waals surface area contributed by atoms with E-state index in [1.165, 1.54) is 63.3 Å². The highest BCUT2D eigenvalue weighted by molar-refractivity contribution is 8.04. The van der Waals surface area contributed by atoms with Crippen molar-refractivity contribution < 1.29 is 42.9 Å². The van der Waals surface area contributed by atoms with Gasteiger partial charge >= 0.3 is 11.9 Å². The van der Waals surface area contributed by atoms with Crippen molar-refractivity contribution in [1.82, 2.24) is 10.2 Å². The SMILES string of the molecule is COC(=O)/C=C1/SCC(=O)N1CCCOC(=O)CNC(=O)c1cc(OC)c(OC)c(OC)c1. The maximum absolute atomic E-state index is 12.4. The number of methoxy groups -OCH3 is 4. The Kier molecular flexibility index (Phi) is 9.85. The minimum atomic E-state index is -0.636. The summed E-state index contributed by atoms with van der Waals surface area (Å²) in [6, 6.07) is 2.93. The number of nitrogens with zero attached hydrogens (tertiary/aromatic N) is 1. The van der Waals surface area contributed by atoms with Gasteiger partial charge in [0.05, 0.1) is 51.9 Å². The zero-order valence-corrected chi connectivity index (χ0v) is 19.6. The van der Waals surface area contributed by atoms with Gasteiger partial charge in [-0.15, -0.1) is 0 Å². The minimum Gasteiger partial charge on any atom is -0.493 e. The van der Waals surface area contributed by atoms with E-state index < -0.39 is 17.8 Å². The van der Waals surface area contributed by atoms with E-state index in [1.54, 1.807) is 0 Å². The van der Waals surface area contributed by atoms with Crippen molar-refractivity contribution in [1.29, 1.82) is 0 Å². The molecule has 1 aromatic carbocycles. The molecule has 0 bridgehead atoms. The lowest BCUT2D eigenvalue weighted by Crippen LogP contribution is -2.31. The number of carbonyl (C=O) groups is 4. The molecule has 1 heterocycles. The van der Waals surface area contributed by atoms with Crippen LogP contribution in [-0.2, 0) is 23.9 Å². The van der Waals surface area contributed by atoms with Crippen LogP contribution in [0.3, 0.4) is 0 Å². The molecular weight excluding hydrogens is 456 g/mol. The molecule has 0 aromatic heterocycles. The normalized spacial score (nSPS) is 14.1. The van der Waals surface area contributed by atoms with E-state index in [4.69, 9.17) is 18.9 Å². The standard InChI is InChI=1S/C21H26N2O9S/c1-28-14-8-13(9-15(29-2)20(14)31-4)21(27)22-11-19(26)32-7-5-6-23-16(24)12-33-17(23)10-18(25)30-3/h8-10H,5-7,11-12H2,1-4H3,(H,22,27)/b17-10+. The van der Waals surface area contributed by atoms with E-state index >= 15 is 0 Å². The van der Waals surface area contributed by atoms with E-state index in [1.807, 2.05) is 0 Å². The number of carbonyl (C=O) groups excluding carboxylic acids is 4. The second kappa shape index (κ2) is 12.6. The van der Waals surface area contributed by atoms with Gasteiger partial charge in [-0.2, -0.15) is 0 Å². The molecule has 2 amide bonds. The first-order valence-corrected chi connectivity index (χ1v) is 10.8. The van der Waals surface area contributed by atoms with Gasteiger partial charge in [-0.05, 0) is 18.6 Å². The van der Waals surface area contributed by atoms with Crippen molar-refractivity contribution in [3.05, 3.63) is 28.8 Å². The summed E-state index contributed by atoms with van der Waals surface area (Å²) in [5, 5.41) is 2.97. The van der Waals surface area contributed by atoms with Crippen LogP contribution in [0.1, 0.15) is 16.8 Å². The third-order valence-corrected chi connectivity index (χ3v) is 5.49. The van der Waals surface area contributed by atoms with Crippen molar-refractivity contribution in [3.8, 4) is 17.2 Å². The van der Waals surface area contributed by atoms with E-state index in [2.05, 4.69) is 10.1 Å². The number of thioether (sulfide) groups is 1. The lowest BCUT2D eigenvalue weighted by Gasteiger charge is -2.16. The van der Waals surface area contributed by atoms with Gasteiger partial charge in [0.1, 0.15) is 6.54 Å². The van der Waals surface area contributed by atoms with E-state index in [0.29, 0.717) is 28.7 Å². The van der Waals surface area contributed by atoms with Crippen LogP contribution >= 0.6 is 11.8 Å². The summed E-state index contributed by atoms with van der Waals surface area (Å²) in [5.74, 6) is -0.664. The van der Waals surface area contributed by atoms with Crippen LogP contribution < -0.4 is 19.5 Å². The summed E-state index contributed by atoms with van der Waals surface area (Å²) in [5.41, 5.74) is 0.215. The minimum absolute atomic E-state index is 0.0405. The smallest absolute Gasteiger partial charge is 0.333 e. The van der Waals surface area contributed by atoms with Gasteiger partial charge in [0.25, 0.3) is 5.91 Å². The summed E-state index contributed by atoms with van der Waals surface area (Å²) in [6.45, 7) is -0.0277. The number of hydrogen-bond donors (Lipinski definition) is 1. The van der Waals surface area contributed by atoms with Gasteiger partial charge in [0.2, 0.25) is 11.7 Å². The van der Waals surface area contributed by atoms with Gasteiger partial charge < -0.3 is 33.9 Å². The van der Waals surface area contributed by atoms with Crippen molar-refractivity contribution in [2.45, 2.75) is 6.42 Å². The average Bonchev–Trinajstić information content (AvgIpc) is 3.17. The zero-order chi connectivity index (χ0) is 24.4. The Labute approximate surface area is 195 Å².